The van der Waals surface area contributed by atoms with Gasteiger partial charge >= 0.3 is 0 Å². The Labute approximate surface area is 108 Å². The standard InChI is InChI=1S/C12H23N3OS/c1-12(2,16-4)5-11(6-13)15(3)7-10-8-17-9-14-10/h8-9,11H,5-7,13H2,1-4H3. The van der Waals surface area contributed by atoms with Crippen LogP contribution in [-0.2, 0) is 11.3 Å². The molecule has 17 heavy (non-hydrogen) atoms. The Morgan fingerprint density at radius 1 is 1.59 bits per heavy atom. The van der Waals surface area contributed by atoms with Crippen LogP contribution in [0.3, 0.4) is 0 Å². The summed E-state index contributed by atoms with van der Waals surface area (Å²) in [5.41, 5.74) is 8.67. The highest BCUT2D eigenvalue weighted by atomic mass is 32.1. The van der Waals surface area contributed by atoms with Crippen molar-refractivity contribution >= 4 is 11.3 Å². The SMILES string of the molecule is COC(C)(C)CC(CN)N(C)Cc1cscn1. The third kappa shape index (κ3) is 4.71. The van der Waals surface area contributed by atoms with Gasteiger partial charge in [0.05, 0.1) is 16.8 Å². The molecule has 0 aliphatic heterocycles. The zero-order valence-electron chi connectivity index (χ0n) is 11.1. The lowest BCUT2D eigenvalue weighted by molar-refractivity contribution is -0.00549. The van der Waals surface area contributed by atoms with E-state index in [1.165, 1.54) is 0 Å². The van der Waals surface area contributed by atoms with Crippen LogP contribution in [0.4, 0.5) is 0 Å². The van der Waals surface area contributed by atoms with Crippen molar-refractivity contribution in [3.8, 4) is 0 Å². The predicted molar refractivity (Wildman–Crippen MR) is 72.1 cm³/mol. The maximum atomic E-state index is 5.85. The summed E-state index contributed by atoms with van der Waals surface area (Å²) in [6.07, 6.45) is 0.917. The molecule has 98 valence electrons. The number of hydrogen-bond donors (Lipinski definition) is 1. The van der Waals surface area contributed by atoms with Crippen molar-refractivity contribution in [2.75, 3.05) is 20.7 Å². The molecule has 1 aromatic heterocycles. The largest absolute Gasteiger partial charge is 0.379 e. The highest BCUT2D eigenvalue weighted by Crippen LogP contribution is 2.19. The van der Waals surface area contributed by atoms with Gasteiger partial charge < -0.3 is 10.5 Å². The third-order valence-electron chi connectivity index (χ3n) is 3.07. The minimum absolute atomic E-state index is 0.139. The van der Waals surface area contributed by atoms with Gasteiger partial charge in [-0.3, -0.25) is 4.90 Å². The molecule has 0 radical (unpaired) electrons. The molecule has 1 rings (SSSR count). The number of ether oxygens (including phenoxy) is 1. The van der Waals surface area contributed by atoms with Gasteiger partial charge in [0.1, 0.15) is 0 Å². The number of nitrogens with zero attached hydrogens (tertiary/aromatic N) is 2. The van der Waals surface area contributed by atoms with Gasteiger partial charge in [0.2, 0.25) is 0 Å². The van der Waals surface area contributed by atoms with Gasteiger partial charge in [-0.15, -0.1) is 11.3 Å². The van der Waals surface area contributed by atoms with E-state index in [2.05, 4.69) is 36.2 Å². The normalized spacial score (nSPS) is 14.2. The van der Waals surface area contributed by atoms with Crippen LogP contribution in [0.2, 0.25) is 0 Å². The highest BCUT2D eigenvalue weighted by Gasteiger charge is 2.24. The molecule has 0 aliphatic rings. The van der Waals surface area contributed by atoms with E-state index in [1.54, 1.807) is 18.4 Å². The van der Waals surface area contributed by atoms with Gasteiger partial charge in [-0.05, 0) is 27.3 Å². The second-order valence-electron chi connectivity index (χ2n) is 4.95. The lowest BCUT2D eigenvalue weighted by Crippen LogP contribution is -2.43. The molecule has 1 atom stereocenters. The fourth-order valence-corrected chi connectivity index (χ4v) is 2.32. The fraction of sp³-hybridized carbons (Fsp3) is 0.750. The van der Waals surface area contributed by atoms with Crippen LogP contribution in [0.1, 0.15) is 26.0 Å². The average Bonchev–Trinajstić information content (AvgIpc) is 2.78. The fourth-order valence-electron chi connectivity index (χ4n) is 1.77. The zero-order chi connectivity index (χ0) is 12.9. The monoisotopic (exact) mass is 257 g/mol. The number of methoxy groups -OCH3 is 1. The number of rotatable bonds is 7. The summed E-state index contributed by atoms with van der Waals surface area (Å²) in [6.45, 7) is 5.65. The Morgan fingerprint density at radius 2 is 2.29 bits per heavy atom. The van der Waals surface area contributed by atoms with Gasteiger partial charge in [-0.2, -0.15) is 0 Å². The maximum Gasteiger partial charge on any atom is 0.0795 e. The zero-order valence-corrected chi connectivity index (χ0v) is 12.0. The van der Waals surface area contributed by atoms with Gasteiger partial charge in [0.15, 0.2) is 0 Å². The van der Waals surface area contributed by atoms with Crippen LogP contribution in [0.5, 0.6) is 0 Å². The van der Waals surface area contributed by atoms with Gasteiger partial charge in [0, 0.05) is 31.6 Å². The predicted octanol–water partition coefficient (Wildman–Crippen LogP) is 1.72. The van der Waals surface area contributed by atoms with E-state index in [4.69, 9.17) is 10.5 Å². The summed E-state index contributed by atoms with van der Waals surface area (Å²) in [5.74, 6) is 0. The topological polar surface area (TPSA) is 51.4 Å². The molecule has 1 aromatic rings. The number of aromatic nitrogens is 1. The average molecular weight is 257 g/mol. The first kappa shape index (κ1) is 14.6. The number of thiazole rings is 1. The molecule has 0 aliphatic carbocycles. The quantitative estimate of drug-likeness (QED) is 0.808. The maximum absolute atomic E-state index is 5.85. The molecular formula is C12H23N3OS. The van der Waals surface area contributed by atoms with Crippen molar-refractivity contribution in [1.29, 1.82) is 0 Å². The summed E-state index contributed by atoms with van der Waals surface area (Å²) in [6, 6.07) is 0.312. The Hall–Kier alpha value is -0.490. The van der Waals surface area contributed by atoms with Crippen molar-refractivity contribution < 1.29 is 4.74 Å². The Bertz CT molecular complexity index is 314. The van der Waals surface area contributed by atoms with E-state index >= 15 is 0 Å². The molecule has 0 saturated carbocycles. The Morgan fingerprint density at radius 3 is 2.76 bits per heavy atom. The number of likely N-dealkylation sites (N-methyl/N-ethyl adjacent to an activating group) is 1. The number of nitrogens with two attached hydrogens (primary N) is 1. The molecule has 0 amide bonds. The molecular weight excluding hydrogens is 234 g/mol. The van der Waals surface area contributed by atoms with E-state index in [0.29, 0.717) is 12.6 Å². The van der Waals surface area contributed by atoms with E-state index in [-0.39, 0.29) is 5.60 Å². The Kier molecular flexibility index (Phi) is 5.52. The van der Waals surface area contributed by atoms with Crippen LogP contribution in [-0.4, -0.2) is 42.2 Å². The molecule has 1 unspecified atom stereocenters. The second kappa shape index (κ2) is 6.44. The first-order chi connectivity index (χ1) is 7.98. The van der Waals surface area contributed by atoms with Crippen molar-refractivity contribution in [3.05, 3.63) is 16.6 Å². The molecule has 1 heterocycles. The lowest BCUT2D eigenvalue weighted by Gasteiger charge is -2.33. The summed E-state index contributed by atoms with van der Waals surface area (Å²) in [5, 5.41) is 2.07. The summed E-state index contributed by atoms with van der Waals surface area (Å²) >= 11 is 1.62. The van der Waals surface area contributed by atoms with Crippen molar-refractivity contribution in [2.45, 2.75) is 38.5 Å². The van der Waals surface area contributed by atoms with Crippen LogP contribution in [0, 0.1) is 0 Å². The van der Waals surface area contributed by atoms with E-state index in [1.807, 2.05) is 5.51 Å². The number of hydrogen-bond acceptors (Lipinski definition) is 5. The molecule has 4 nitrogen and oxygen atoms in total. The van der Waals surface area contributed by atoms with Gasteiger partial charge in [-0.25, -0.2) is 4.98 Å². The van der Waals surface area contributed by atoms with Crippen molar-refractivity contribution in [2.24, 2.45) is 5.73 Å². The summed E-state index contributed by atoms with van der Waals surface area (Å²) in [4.78, 5) is 6.54. The summed E-state index contributed by atoms with van der Waals surface area (Å²) < 4.78 is 5.46. The van der Waals surface area contributed by atoms with Crippen LogP contribution in [0.15, 0.2) is 10.9 Å². The first-order valence-electron chi connectivity index (χ1n) is 5.81. The molecule has 0 bridgehead atoms. The molecule has 5 heteroatoms. The van der Waals surface area contributed by atoms with E-state index in [9.17, 15) is 0 Å². The third-order valence-corrected chi connectivity index (χ3v) is 3.71. The first-order valence-corrected chi connectivity index (χ1v) is 6.75. The highest BCUT2D eigenvalue weighted by molar-refractivity contribution is 7.07. The minimum Gasteiger partial charge on any atom is -0.379 e. The van der Waals surface area contributed by atoms with Crippen LogP contribution in [0.25, 0.3) is 0 Å². The molecule has 0 spiro atoms. The molecule has 0 aromatic carbocycles. The van der Waals surface area contributed by atoms with Crippen LogP contribution < -0.4 is 5.73 Å². The second-order valence-corrected chi connectivity index (χ2v) is 5.67. The van der Waals surface area contributed by atoms with Crippen molar-refractivity contribution in [3.63, 3.8) is 0 Å². The Balaban J connectivity index is 2.55. The van der Waals surface area contributed by atoms with Crippen LogP contribution >= 0.6 is 11.3 Å². The van der Waals surface area contributed by atoms with Gasteiger partial charge in [-0.1, -0.05) is 0 Å². The molecule has 0 saturated heterocycles. The lowest BCUT2D eigenvalue weighted by atomic mass is 9.98. The smallest absolute Gasteiger partial charge is 0.0795 e. The minimum atomic E-state index is -0.139. The molecule has 0 fully saturated rings. The van der Waals surface area contributed by atoms with Crippen molar-refractivity contribution in [1.82, 2.24) is 9.88 Å². The van der Waals surface area contributed by atoms with Gasteiger partial charge in [0.25, 0.3) is 0 Å². The summed E-state index contributed by atoms with van der Waals surface area (Å²) in [7, 11) is 3.83. The van der Waals surface area contributed by atoms with E-state index < -0.39 is 0 Å². The molecule has 2 N–H and O–H groups in total. The van der Waals surface area contributed by atoms with E-state index in [0.717, 1.165) is 18.7 Å².